The maximum atomic E-state index is 13.0. The van der Waals surface area contributed by atoms with Crippen LogP contribution in [0.4, 0.5) is 10.5 Å². The Labute approximate surface area is 165 Å². The van der Waals surface area contributed by atoms with E-state index in [0.717, 1.165) is 42.9 Å². The maximum absolute atomic E-state index is 13.0. The Morgan fingerprint density at radius 2 is 1.82 bits per heavy atom. The van der Waals surface area contributed by atoms with Crippen LogP contribution in [0.3, 0.4) is 0 Å². The molecule has 0 bridgehead atoms. The highest BCUT2D eigenvalue weighted by Crippen LogP contribution is 2.38. The zero-order valence-corrected chi connectivity index (χ0v) is 16.4. The van der Waals surface area contributed by atoms with Gasteiger partial charge in [-0.05, 0) is 30.9 Å². The second-order valence-corrected chi connectivity index (χ2v) is 8.14. The van der Waals surface area contributed by atoms with Crippen LogP contribution < -0.4 is 10.2 Å². The van der Waals surface area contributed by atoms with Gasteiger partial charge >= 0.3 is 6.03 Å². The van der Waals surface area contributed by atoms with E-state index in [1.807, 2.05) is 25.1 Å². The Morgan fingerprint density at radius 3 is 2.50 bits per heavy atom. The molecule has 1 aromatic rings. The molecule has 4 amide bonds. The molecular formula is C21H28N4O3. The third-order valence-corrected chi connectivity index (χ3v) is 6.55. The van der Waals surface area contributed by atoms with Gasteiger partial charge in [0.15, 0.2) is 0 Å². The summed E-state index contributed by atoms with van der Waals surface area (Å²) in [5, 5.41) is 2.91. The van der Waals surface area contributed by atoms with E-state index in [0.29, 0.717) is 19.5 Å². The third-order valence-electron chi connectivity index (χ3n) is 6.55. The molecule has 7 nitrogen and oxygen atoms in total. The van der Waals surface area contributed by atoms with Gasteiger partial charge in [0.05, 0.1) is 0 Å². The molecule has 3 aliphatic rings. The minimum absolute atomic E-state index is 0.104. The number of carbonyl (C=O) groups excluding carboxylic acids is 3. The SMILES string of the molecule is C[C@@H]1CCCC[C@@]12NC(=O)N(CC(=O)N1CCN(c3ccccc3)CC1)C2=O. The number of para-hydroxylation sites is 1. The van der Waals surface area contributed by atoms with Crippen molar-refractivity contribution < 1.29 is 14.4 Å². The highest BCUT2D eigenvalue weighted by molar-refractivity contribution is 6.09. The lowest BCUT2D eigenvalue weighted by Crippen LogP contribution is -2.54. The molecule has 4 rings (SSSR count). The average Bonchev–Trinajstić information content (AvgIpc) is 2.96. The van der Waals surface area contributed by atoms with Crippen molar-refractivity contribution >= 4 is 23.5 Å². The summed E-state index contributed by atoms with van der Waals surface area (Å²) in [6.07, 6.45) is 3.60. The number of carbonyl (C=O) groups is 3. The van der Waals surface area contributed by atoms with Crippen LogP contribution in [0, 0.1) is 5.92 Å². The molecule has 2 aliphatic heterocycles. The zero-order valence-electron chi connectivity index (χ0n) is 16.4. The average molecular weight is 384 g/mol. The molecule has 2 atom stereocenters. The molecular weight excluding hydrogens is 356 g/mol. The zero-order chi connectivity index (χ0) is 19.7. The number of rotatable bonds is 3. The van der Waals surface area contributed by atoms with Gasteiger partial charge in [0, 0.05) is 31.9 Å². The number of nitrogens with one attached hydrogen (secondary N) is 1. The lowest BCUT2D eigenvalue weighted by molar-refractivity contribution is -0.140. The van der Waals surface area contributed by atoms with E-state index in [2.05, 4.69) is 22.3 Å². The van der Waals surface area contributed by atoms with Crippen molar-refractivity contribution in [3.63, 3.8) is 0 Å². The molecule has 0 unspecified atom stereocenters. The fraction of sp³-hybridized carbons (Fsp3) is 0.571. The molecule has 1 aromatic carbocycles. The molecule has 0 aromatic heterocycles. The first-order chi connectivity index (χ1) is 13.5. The molecule has 1 saturated carbocycles. The number of nitrogens with zero attached hydrogens (tertiary/aromatic N) is 3. The van der Waals surface area contributed by atoms with Gasteiger partial charge in [0.1, 0.15) is 12.1 Å². The van der Waals surface area contributed by atoms with E-state index in [1.54, 1.807) is 4.90 Å². The molecule has 2 saturated heterocycles. The topological polar surface area (TPSA) is 73.0 Å². The minimum atomic E-state index is -0.804. The van der Waals surface area contributed by atoms with E-state index in [9.17, 15) is 14.4 Å². The van der Waals surface area contributed by atoms with Crippen LogP contribution >= 0.6 is 0 Å². The molecule has 3 fully saturated rings. The highest BCUT2D eigenvalue weighted by atomic mass is 16.2. The van der Waals surface area contributed by atoms with Crippen molar-refractivity contribution in [2.24, 2.45) is 5.92 Å². The number of urea groups is 1. The van der Waals surface area contributed by atoms with E-state index >= 15 is 0 Å². The highest BCUT2D eigenvalue weighted by Gasteiger charge is 2.55. The lowest BCUT2D eigenvalue weighted by atomic mass is 9.73. The van der Waals surface area contributed by atoms with E-state index < -0.39 is 11.6 Å². The second-order valence-electron chi connectivity index (χ2n) is 8.14. The fourth-order valence-corrected chi connectivity index (χ4v) is 4.73. The van der Waals surface area contributed by atoms with Gasteiger partial charge in [-0.25, -0.2) is 4.79 Å². The minimum Gasteiger partial charge on any atom is -0.368 e. The third kappa shape index (κ3) is 3.23. The van der Waals surface area contributed by atoms with Crippen LogP contribution in [-0.4, -0.2) is 65.9 Å². The Kier molecular flexibility index (Phi) is 5.00. The Bertz CT molecular complexity index is 760. The summed E-state index contributed by atoms with van der Waals surface area (Å²) in [6.45, 7) is 4.54. The van der Waals surface area contributed by atoms with Gasteiger partial charge in [-0.15, -0.1) is 0 Å². The Morgan fingerprint density at radius 1 is 1.11 bits per heavy atom. The molecule has 2 heterocycles. The summed E-state index contributed by atoms with van der Waals surface area (Å²) < 4.78 is 0. The fourth-order valence-electron chi connectivity index (χ4n) is 4.73. The number of imide groups is 1. The number of hydrogen-bond acceptors (Lipinski definition) is 4. The predicted octanol–water partition coefficient (Wildman–Crippen LogP) is 1.84. The predicted molar refractivity (Wildman–Crippen MR) is 106 cm³/mol. The van der Waals surface area contributed by atoms with Crippen LogP contribution in [0.25, 0.3) is 0 Å². The number of piperazine rings is 1. The Hall–Kier alpha value is -2.57. The van der Waals surface area contributed by atoms with Gasteiger partial charge < -0.3 is 15.1 Å². The van der Waals surface area contributed by atoms with E-state index in [4.69, 9.17) is 0 Å². The summed E-state index contributed by atoms with van der Waals surface area (Å²) in [4.78, 5) is 43.4. The molecule has 0 radical (unpaired) electrons. The van der Waals surface area contributed by atoms with Crippen molar-refractivity contribution in [3.05, 3.63) is 30.3 Å². The quantitative estimate of drug-likeness (QED) is 0.807. The summed E-state index contributed by atoms with van der Waals surface area (Å²) in [6, 6.07) is 9.71. The van der Waals surface area contributed by atoms with Crippen molar-refractivity contribution in [1.82, 2.24) is 15.1 Å². The van der Waals surface area contributed by atoms with Crippen molar-refractivity contribution in [3.8, 4) is 0 Å². The number of hydrogen-bond donors (Lipinski definition) is 1. The summed E-state index contributed by atoms with van der Waals surface area (Å²) in [5.74, 6) is -0.273. The number of anilines is 1. The van der Waals surface area contributed by atoms with E-state index in [1.165, 1.54) is 0 Å². The summed E-state index contributed by atoms with van der Waals surface area (Å²) >= 11 is 0. The van der Waals surface area contributed by atoms with Crippen LogP contribution in [0.5, 0.6) is 0 Å². The summed E-state index contributed by atoms with van der Waals surface area (Å²) in [7, 11) is 0. The molecule has 7 heteroatoms. The standard InChI is InChI=1S/C21H28N4O3/c1-16-7-5-6-10-21(16)19(27)25(20(28)22-21)15-18(26)24-13-11-23(12-14-24)17-8-3-2-4-9-17/h2-4,8-9,16H,5-7,10-15H2,1H3,(H,22,28)/t16-,21-/m1/s1. The van der Waals surface area contributed by atoms with Gasteiger partial charge in [-0.3, -0.25) is 14.5 Å². The first-order valence-corrected chi connectivity index (χ1v) is 10.2. The first-order valence-electron chi connectivity index (χ1n) is 10.2. The van der Waals surface area contributed by atoms with Crippen molar-refractivity contribution in [1.29, 1.82) is 0 Å². The van der Waals surface area contributed by atoms with Crippen LogP contribution in [-0.2, 0) is 9.59 Å². The number of amides is 4. The van der Waals surface area contributed by atoms with Gasteiger partial charge in [-0.1, -0.05) is 38.0 Å². The second kappa shape index (κ2) is 7.45. The van der Waals surface area contributed by atoms with Crippen LogP contribution in [0.1, 0.15) is 32.6 Å². The lowest BCUT2D eigenvalue weighted by Gasteiger charge is -2.37. The Balaban J connectivity index is 1.36. The first kappa shape index (κ1) is 18.8. The van der Waals surface area contributed by atoms with Gasteiger partial charge in [0.25, 0.3) is 5.91 Å². The molecule has 1 spiro atoms. The van der Waals surface area contributed by atoms with Crippen molar-refractivity contribution in [2.45, 2.75) is 38.1 Å². The van der Waals surface area contributed by atoms with Gasteiger partial charge in [-0.2, -0.15) is 0 Å². The molecule has 1 aliphatic carbocycles. The largest absolute Gasteiger partial charge is 0.368 e. The molecule has 1 N–H and O–H groups in total. The molecule has 150 valence electrons. The van der Waals surface area contributed by atoms with E-state index in [-0.39, 0.29) is 24.3 Å². The van der Waals surface area contributed by atoms with Crippen LogP contribution in [0.2, 0.25) is 0 Å². The maximum Gasteiger partial charge on any atom is 0.325 e. The smallest absolute Gasteiger partial charge is 0.325 e. The normalized spacial score (nSPS) is 28.0. The summed E-state index contributed by atoms with van der Waals surface area (Å²) in [5.41, 5.74) is 0.346. The molecule has 28 heavy (non-hydrogen) atoms. The number of benzene rings is 1. The van der Waals surface area contributed by atoms with Crippen LogP contribution in [0.15, 0.2) is 30.3 Å². The monoisotopic (exact) mass is 384 g/mol. The van der Waals surface area contributed by atoms with Gasteiger partial charge in [0.2, 0.25) is 5.91 Å². The van der Waals surface area contributed by atoms with Crippen molar-refractivity contribution in [2.75, 3.05) is 37.6 Å².